The van der Waals surface area contributed by atoms with Crippen molar-refractivity contribution < 1.29 is 0 Å². The van der Waals surface area contributed by atoms with Crippen LogP contribution in [0, 0.1) is 0 Å². The highest BCUT2D eigenvalue weighted by molar-refractivity contribution is 5.45. The van der Waals surface area contributed by atoms with E-state index >= 15 is 0 Å². The van der Waals surface area contributed by atoms with Crippen LogP contribution < -0.4 is 11.5 Å². The van der Waals surface area contributed by atoms with E-state index in [4.69, 9.17) is 11.5 Å². The smallest absolute Gasteiger partial charge is 0.0637 e. The van der Waals surface area contributed by atoms with Crippen molar-refractivity contribution in [2.75, 3.05) is 0 Å². The maximum absolute atomic E-state index is 6.93. The highest BCUT2D eigenvalue weighted by atomic mass is 14.7. The van der Waals surface area contributed by atoms with E-state index in [1.54, 1.807) is 0 Å². The SMILES string of the molecule is CCCCCCCCCc1cccc(C2(N)C=CC(N)=CC2)c1CCCCCCCCC. The van der Waals surface area contributed by atoms with Crippen LogP contribution in [-0.2, 0) is 18.4 Å². The first-order valence-corrected chi connectivity index (χ1v) is 13.7. The molecule has 1 aliphatic carbocycles. The zero-order chi connectivity index (χ0) is 23.1. The molecule has 0 fully saturated rings. The molecule has 2 heteroatoms. The summed E-state index contributed by atoms with van der Waals surface area (Å²) in [4.78, 5) is 0. The lowest BCUT2D eigenvalue weighted by molar-refractivity contribution is 0.545. The minimum Gasteiger partial charge on any atom is -0.399 e. The van der Waals surface area contributed by atoms with Crippen LogP contribution in [0.4, 0.5) is 0 Å². The van der Waals surface area contributed by atoms with Gasteiger partial charge in [0.1, 0.15) is 0 Å². The van der Waals surface area contributed by atoms with Gasteiger partial charge in [-0.15, -0.1) is 0 Å². The number of hydrogen-bond donors (Lipinski definition) is 2. The second-order valence-corrected chi connectivity index (χ2v) is 9.97. The van der Waals surface area contributed by atoms with Gasteiger partial charge in [-0.3, -0.25) is 0 Å². The summed E-state index contributed by atoms with van der Waals surface area (Å²) < 4.78 is 0. The van der Waals surface area contributed by atoms with Gasteiger partial charge in [-0.2, -0.15) is 0 Å². The molecule has 0 aliphatic heterocycles. The fraction of sp³-hybridized carbons (Fsp3) is 0.667. The molecule has 0 spiro atoms. The molecule has 2 rings (SSSR count). The molecule has 1 aromatic carbocycles. The van der Waals surface area contributed by atoms with Crippen molar-refractivity contribution in [1.82, 2.24) is 0 Å². The molecule has 1 unspecified atom stereocenters. The van der Waals surface area contributed by atoms with E-state index in [0.29, 0.717) is 0 Å². The Labute approximate surface area is 198 Å². The zero-order valence-electron chi connectivity index (χ0n) is 21.1. The molecular weight excluding hydrogens is 388 g/mol. The van der Waals surface area contributed by atoms with E-state index in [1.807, 2.05) is 6.08 Å². The number of nitrogens with two attached hydrogens (primary N) is 2. The van der Waals surface area contributed by atoms with Crippen molar-refractivity contribution in [2.24, 2.45) is 11.5 Å². The number of benzene rings is 1. The fourth-order valence-electron chi connectivity index (χ4n) is 5.00. The maximum atomic E-state index is 6.93. The van der Waals surface area contributed by atoms with E-state index in [1.165, 1.54) is 113 Å². The first kappa shape index (κ1) is 26.7. The number of hydrogen-bond acceptors (Lipinski definition) is 2. The summed E-state index contributed by atoms with van der Waals surface area (Å²) in [5.74, 6) is 0. The summed E-state index contributed by atoms with van der Waals surface area (Å²) in [5, 5.41) is 0. The summed E-state index contributed by atoms with van der Waals surface area (Å²) in [7, 11) is 0. The van der Waals surface area contributed by atoms with Crippen LogP contribution in [0.5, 0.6) is 0 Å². The summed E-state index contributed by atoms with van der Waals surface area (Å²) in [5.41, 5.74) is 17.7. The number of rotatable bonds is 17. The summed E-state index contributed by atoms with van der Waals surface area (Å²) in [6.45, 7) is 4.57. The molecule has 1 atom stereocenters. The van der Waals surface area contributed by atoms with Gasteiger partial charge in [-0.25, -0.2) is 0 Å². The fourth-order valence-corrected chi connectivity index (χ4v) is 5.00. The van der Waals surface area contributed by atoms with Gasteiger partial charge in [0.2, 0.25) is 0 Å². The van der Waals surface area contributed by atoms with E-state index in [-0.39, 0.29) is 0 Å². The lowest BCUT2D eigenvalue weighted by Gasteiger charge is -2.31. The lowest BCUT2D eigenvalue weighted by atomic mass is 9.78. The van der Waals surface area contributed by atoms with Gasteiger partial charge < -0.3 is 11.5 Å². The second kappa shape index (κ2) is 15.3. The van der Waals surface area contributed by atoms with Gasteiger partial charge in [-0.05, 0) is 54.9 Å². The monoisotopic (exact) mass is 438 g/mol. The summed E-state index contributed by atoms with van der Waals surface area (Å²) in [6.07, 6.45) is 28.3. The van der Waals surface area contributed by atoms with Crippen LogP contribution >= 0.6 is 0 Å². The van der Waals surface area contributed by atoms with Crippen LogP contribution in [0.1, 0.15) is 127 Å². The van der Waals surface area contributed by atoms with Crippen LogP contribution in [0.15, 0.2) is 42.1 Å². The Kier molecular flexibility index (Phi) is 12.8. The minimum absolute atomic E-state index is 0.421. The van der Waals surface area contributed by atoms with Gasteiger partial charge in [0.05, 0.1) is 5.54 Å². The molecule has 0 aromatic heterocycles. The molecule has 1 aliphatic rings. The minimum atomic E-state index is -0.421. The summed E-state index contributed by atoms with van der Waals surface area (Å²) in [6, 6.07) is 6.85. The normalized spacial score (nSPS) is 18.2. The number of allylic oxidation sites excluding steroid dienone is 1. The van der Waals surface area contributed by atoms with Crippen molar-refractivity contribution in [3.8, 4) is 0 Å². The average molecular weight is 439 g/mol. The van der Waals surface area contributed by atoms with Crippen molar-refractivity contribution in [2.45, 2.75) is 129 Å². The Bertz CT molecular complexity index is 703. The van der Waals surface area contributed by atoms with Crippen molar-refractivity contribution >= 4 is 0 Å². The molecule has 1 aromatic rings. The molecule has 0 amide bonds. The van der Waals surface area contributed by atoms with Gasteiger partial charge in [0.15, 0.2) is 0 Å². The van der Waals surface area contributed by atoms with Crippen LogP contribution in [-0.4, -0.2) is 0 Å². The molecule has 0 saturated heterocycles. The highest BCUT2D eigenvalue weighted by Crippen LogP contribution is 2.33. The van der Waals surface area contributed by atoms with Crippen molar-refractivity contribution in [3.05, 3.63) is 58.8 Å². The Morgan fingerprint density at radius 1 is 0.750 bits per heavy atom. The van der Waals surface area contributed by atoms with Gasteiger partial charge in [0, 0.05) is 5.70 Å². The van der Waals surface area contributed by atoms with Crippen LogP contribution in [0.25, 0.3) is 0 Å². The van der Waals surface area contributed by atoms with Crippen molar-refractivity contribution in [1.29, 1.82) is 0 Å². The van der Waals surface area contributed by atoms with Crippen molar-refractivity contribution in [3.63, 3.8) is 0 Å². The Balaban J connectivity index is 2.01. The van der Waals surface area contributed by atoms with E-state index in [9.17, 15) is 0 Å². The van der Waals surface area contributed by atoms with Gasteiger partial charge in [-0.1, -0.05) is 121 Å². The molecule has 0 saturated carbocycles. The molecule has 0 radical (unpaired) electrons. The molecular formula is C30H50N2. The molecule has 180 valence electrons. The molecule has 32 heavy (non-hydrogen) atoms. The van der Waals surface area contributed by atoms with E-state index in [0.717, 1.165) is 18.5 Å². The third-order valence-electron chi connectivity index (χ3n) is 7.10. The highest BCUT2D eigenvalue weighted by Gasteiger charge is 2.28. The Morgan fingerprint density at radius 3 is 1.88 bits per heavy atom. The zero-order valence-corrected chi connectivity index (χ0v) is 21.1. The van der Waals surface area contributed by atoms with Crippen LogP contribution in [0.2, 0.25) is 0 Å². The summed E-state index contributed by atoms with van der Waals surface area (Å²) >= 11 is 0. The predicted molar refractivity (Wildman–Crippen MR) is 142 cm³/mol. The second-order valence-electron chi connectivity index (χ2n) is 9.97. The van der Waals surface area contributed by atoms with E-state index < -0.39 is 5.54 Å². The number of unbranched alkanes of at least 4 members (excludes halogenated alkanes) is 12. The maximum Gasteiger partial charge on any atom is 0.0637 e. The first-order chi connectivity index (χ1) is 15.6. The third kappa shape index (κ3) is 9.14. The quantitative estimate of drug-likeness (QED) is 0.241. The molecule has 0 bridgehead atoms. The standard InChI is InChI=1S/C30H50N2/c1-3-5-7-9-11-13-15-18-26-19-17-21-29(30(32)24-22-27(31)23-25-30)28(26)20-16-14-12-10-8-6-4-2/h17,19,21-24H,3-16,18,20,25,31-32H2,1-2H3. The lowest BCUT2D eigenvalue weighted by Crippen LogP contribution is -2.37. The Hall–Kier alpha value is -1.54. The Morgan fingerprint density at radius 2 is 1.31 bits per heavy atom. The largest absolute Gasteiger partial charge is 0.399 e. The van der Waals surface area contributed by atoms with Gasteiger partial charge in [0.25, 0.3) is 0 Å². The first-order valence-electron chi connectivity index (χ1n) is 13.7. The van der Waals surface area contributed by atoms with Gasteiger partial charge >= 0.3 is 0 Å². The predicted octanol–water partition coefficient (Wildman–Crippen LogP) is 8.23. The number of aryl methyl sites for hydroxylation is 1. The molecule has 4 N–H and O–H groups in total. The van der Waals surface area contributed by atoms with E-state index in [2.05, 4.69) is 44.2 Å². The van der Waals surface area contributed by atoms with Crippen LogP contribution in [0.3, 0.4) is 0 Å². The topological polar surface area (TPSA) is 52.0 Å². The third-order valence-corrected chi connectivity index (χ3v) is 7.10. The average Bonchev–Trinajstić information content (AvgIpc) is 2.80. The molecule has 0 heterocycles. The molecule has 2 nitrogen and oxygen atoms in total.